The standard InChI is InChI=1S/CH2N2O3.S/c4-1(2-5)3-6;/h(H2-2,2,3,4,5,6);/q-2;+2. The summed E-state index contributed by atoms with van der Waals surface area (Å²) >= 11 is 0. The van der Waals surface area contributed by atoms with E-state index in [1.165, 1.54) is 0 Å². The Bertz CT molecular complexity index is 50.9. The SMILES string of the molecule is O=C(N[O-])N[O-].[S+2]. The number of urea groups is 1. The largest absolute Gasteiger partial charge is 2.00 e. The summed E-state index contributed by atoms with van der Waals surface area (Å²) in [6.45, 7) is 0. The number of carbonyl (C=O) groups excluding carboxylic acids is 1. The number of hydrogen-bond acceptors (Lipinski definition) is 3. The van der Waals surface area contributed by atoms with Gasteiger partial charge in [0.25, 0.3) is 6.03 Å². The van der Waals surface area contributed by atoms with Crippen LogP contribution in [0.2, 0.25) is 0 Å². The molecule has 0 aromatic heterocycles. The van der Waals surface area contributed by atoms with Crippen LogP contribution in [-0.4, -0.2) is 6.03 Å². The van der Waals surface area contributed by atoms with E-state index in [9.17, 15) is 4.79 Å². The molecule has 0 fully saturated rings. The van der Waals surface area contributed by atoms with Crippen LogP contribution in [-0.2, 0) is 13.5 Å². The van der Waals surface area contributed by atoms with E-state index in [0.29, 0.717) is 0 Å². The summed E-state index contributed by atoms with van der Waals surface area (Å²) < 4.78 is 0. The zero-order valence-corrected chi connectivity index (χ0v) is 3.95. The van der Waals surface area contributed by atoms with Gasteiger partial charge in [0, 0.05) is 0 Å². The molecule has 4 radical (unpaired) electrons. The predicted molar refractivity (Wildman–Crippen MR) is 25.8 cm³/mol. The molecule has 0 bridgehead atoms. The van der Waals surface area contributed by atoms with Gasteiger partial charge in [-0.2, -0.15) is 0 Å². The number of amides is 2. The van der Waals surface area contributed by atoms with Crippen molar-refractivity contribution >= 4 is 19.5 Å². The van der Waals surface area contributed by atoms with Crippen LogP contribution in [0.15, 0.2) is 0 Å². The Morgan fingerprint density at radius 3 is 1.57 bits per heavy atom. The van der Waals surface area contributed by atoms with Crippen LogP contribution in [0.3, 0.4) is 0 Å². The van der Waals surface area contributed by atoms with E-state index in [0.717, 1.165) is 11.0 Å². The molecule has 0 heterocycles. The average Bonchev–Trinajstić information content (AvgIpc) is 1.65. The Balaban J connectivity index is 0. The normalized spacial score (nSPS) is 6.00. The van der Waals surface area contributed by atoms with Gasteiger partial charge in [0.05, 0.1) is 0 Å². The molecule has 5 nitrogen and oxygen atoms in total. The summed E-state index contributed by atoms with van der Waals surface area (Å²) in [6.07, 6.45) is 0. The third-order valence-electron chi connectivity index (χ3n) is 0.185. The minimum atomic E-state index is -1.27. The molecule has 0 aromatic rings. The van der Waals surface area contributed by atoms with Gasteiger partial charge in [-0.05, 0) is 0 Å². The lowest BCUT2D eigenvalue weighted by atomic mass is 11.2. The molecule has 6 heteroatoms. The quantitative estimate of drug-likeness (QED) is 0.415. The highest BCUT2D eigenvalue weighted by molar-refractivity contribution is 7.37. The fourth-order valence-electron chi connectivity index (χ4n) is 0.0208. The van der Waals surface area contributed by atoms with E-state index < -0.39 is 6.03 Å². The van der Waals surface area contributed by atoms with Crippen molar-refractivity contribution in [3.63, 3.8) is 0 Å². The first kappa shape index (κ1) is 9.74. The summed E-state index contributed by atoms with van der Waals surface area (Å²) in [6, 6.07) is -1.27. The number of hydroxylamine groups is 2. The van der Waals surface area contributed by atoms with Crippen molar-refractivity contribution in [3.05, 3.63) is 10.4 Å². The van der Waals surface area contributed by atoms with Gasteiger partial charge in [-0.25, -0.2) is 0 Å². The van der Waals surface area contributed by atoms with E-state index >= 15 is 0 Å². The van der Waals surface area contributed by atoms with Gasteiger partial charge in [-0.1, -0.05) is 0 Å². The molecule has 0 aliphatic heterocycles. The Morgan fingerprint density at radius 1 is 1.29 bits per heavy atom. The van der Waals surface area contributed by atoms with Gasteiger partial charge in [0.2, 0.25) is 0 Å². The van der Waals surface area contributed by atoms with Crippen molar-refractivity contribution in [1.82, 2.24) is 11.0 Å². The van der Waals surface area contributed by atoms with Gasteiger partial charge >= 0.3 is 13.5 Å². The van der Waals surface area contributed by atoms with Crippen LogP contribution in [0, 0.1) is 10.4 Å². The van der Waals surface area contributed by atoms with Crippen LogP contribution < -0.4 is 11.0 Å². The molecule has 0 aromatic carbocycles. The van der Waals surface area contributed by atoms with Crippen LogP contribution in [0.4, 0.5) is 4.79 Å². The van der Waals surface area contributed by atoms with Crippen molar-refractivity contribution in [2.75, 3.05) is 0 Å². The zero-order valence-electron chi connectivity index (χ0n) is 3.13. The molecule has 0 saturated heterocycles. The van der Waals surface area contributed by atoms with Crippen LogP contribution in [0.5, 0.6) is 0 Å². The second-order valence-electron chi connectivity index (χ2n) is 0.533. The van der Waals surface area contributed by atoms with Crippen molar-refractivity contribution in [2.45, 2.75) is 0 Å². The summed E-state index contributed by atoms with van der Waals surface area (Å²) in [4.78, 5) is 9.33. The first-order valence-electron chi connectivity index (χ1n) is 1.11. The van der Waals surface area contributed by atoms with Crippen molar-refractivity contribution in [1.29, 1.82) is 0 Å². The minimum Gasteiger partial charge on any atom is -0.758 e. The maximum Gasteiger partial charge on any atom is 2.00 e. The van der Waals surface area contributed by atoms with Gasteiger partial charge < -0.3 is 21.4 Å². The van der Waals surface area contributed by atoms with Gasteiger partial charge in [-0.15, -0.1) is 0 Å². The Morgan fingerprint density at radius 2 is 1.57 bits per heavy atom. The molecule has 0 atom stereocenters. The summed E-state index contributed by atoms with van der Waals surface area (Å²) in [5.41, 5.74) is 1.60. The molecule has 0 spiro atoms. The van der Waals surface area contributed by atoms with E-state index in [1.807, 2.05) is 0 Å². The highest BCUT2D eigenvalue weighted by atomic mass is 32.1. The molecule has 40 valence electrons. The third kappa shape index (κ3) is 5.54. The number of nitrogens with one attached hydrogen (secondary N) is 2. The van der Waals surface area contributed by atoms with E-state index in [4.69, 9.17) is 10.4 Å². The Labute approximate surface area is 46.7 Å². The molecule has 2 amide bonds. The first-order valence-corrected chi connectivity index (χ1v) is 1.11. The van der Waals surface area contributed by atoms with Crippen molar-refractivity contribution < 1.29 is 4.79 Å². The Hall–Kier alpha value is -0.460. The predicted octanol–water partition coefficient (Wildman–Crippen LogP) is -0.721. The average molecular weight is 122 g/mol. The number of hydrogen-bond donors (Lipinski definition) is 2. The van der Waals surface area contributed by atoms with Crippen LogP contribution in [0.1, 0.15) is 0 Å². The third-order valence-corrected chi connectivity index (χ3v) is 0.185. The summed E-state index contributed by atoms with van der Waals surface area (Å²) in [5.74, 6) is 0. The molecule has 0 aliphatic rings. The topological polar surface area (TPSA) is 87.2 Å². The zero-order chi connectivity index (χ0) is 4.99. The minimum absolute atomic E-state index is 0. The second-order valence-corrected chi connectivity index (χ2v) is 0.533. The first-order chi connectivity index (χ1) is 2.81. The fraction of sp³-hybridized carbons (Fsp3) is 0. The Kier molecular flexibility index (Phi) is 7.71. The van der Waals surface area contributed by atoms with Crippen molar-refractivity contribution in [2.24, 2.45) is 0 Å². The summed E-state index contributed by atoms with van der Waals surface area (Å²) in [5, 5.41) is 18.0. The van der Waals surface area contributed by atoms with E-state index in [-0.39, 0.29) is 13.5 Å². The number of rotatable bonds is 0. The highest BCUT2D eigenvalue weighted by Gasteiger charge is 2.00. The summed E-state index contributed by atoms with van der Waals surface area (Å²) in [7, 11) is 0. The maximum absolute atomic E-state index is 9.33. The van der Waals surface area contributed by atoms with Gasteiger partial charge in [-0.3, -0.25) is 4.79 Å². The van der Waals surface area contributed by atoms with Crippen LogP contribution in [0.25, 0.3) is 0 Å². The smallest absolute Gasteiger partial charge is 0.758 e. The molecule has 0 saturated carbocycles. The van der Waals surface area contributed by atoms with Gasteiger partial charge in [0.1, 0.15) is 0 Å². The van der Waals surface area contributed by atoms with E-state index in [1.54, 1.807) is 0 Å². The number of carbonyl (C=O) groups is 1. The molecule has 0 rings (SSSR count). The van der Waals surface area contributed by atoms with E-state index in [2.05, 4.69) is 0 Å². The fourth-order valence-corrected chi connectivity index (χ4v) is 0.0208. The van der Waals surface area contributed by atoms with Crippen LogP contribution >= 0.6 is 0 Å². The molecule has 0 aliphatic carbocycles. The van der Waals surface area contributed by atoms with Gasteiger partial charge in [0.15, 0.2) is 0 Å². The monoisotopic (exact) mass is 122 g/mol. The maximum atomic E-state index is 9.33. The highest BCUT2D eigenvalue weighted by Crippen LogP contribution is 1.51. The molecule has 0 unspecified atom stereocenters. The lowest BCUT2D eigenvalue weighted by molar-refractivity contribution is 0.247. The van der Waals surface area contributed by atoms with Crippen molar-refractivity contribution in [3.8, 4) is 0 Å². The second kappa shape index (κ2) is 5.54. The lowest BCUT2D eigenvalue weighted by Gasteiger charge is -2.10. The molecular weight excluding hydrogens is 120 g/mol. The molecule has 7 heavy (non-hydrogen) atoms. The lowest BCUT2D eigenvalue weighted by Crippen LogP contribution is -2.26. The molecular formula is CH2N2O3S. The molecule has 2 N–H and O–H groups in total.